The number of guanidine groups is 2. The molecule has 1 aromatic rings. The summed E-state index contributed by atoms with van der Waals surface area (Å²) in [4.78, 5) is 10.9. The zero-order valence-corrected chi connectivity index (χ0v) is 13.7. The zero-order valence-electron chi connectivity index (χ0n) is 12.1. The minimum Gasteiger partial charge on any atom is -0.369 e. The van der Waals surface area contributed by atoms with Crippen LogP contribution in [0.1, 0.15) is 37.7 Å². The Kier molecular flexibility index (Phi) is 3.65. The van der Waals surface area contributed by atoms with Crippen molar-refractivity contribution in [3.63, 3.8) is 0 Å². The van der Waals surface area contributed by atoms with Crippen LogP contribution in [0, 0.1) is 6.92 Å². The van der Waals surface area contributed by atoms with Gasteiger partial charge in [-0.15, -0.1) is 0 Å². The number of halogens is 1. The molecule has 6 heteroatoms. The third kappa shape index (κ3) is 2.52. The van der Waals surface area contributed by atoms with E-state index in [0.29, 0.717) is 5.96 Å². The molecular formula is C15H20BrN5. The van der Waals surface area contributed by atoms with Crippen LogP contribution in [0.2, 0.25) is 0 Å². The Bertz CT molecular complexity index is 616. The molecule has 3 rings (SSSR count). The first-order chi connectivity index (χ1) is 10.0. The molecule has 21 heavy (non-hydrogen) atoms. The van der Waals surface area contributed by atoms with E-state index in [1.54, 1.807) is 0 Å². The van der Waals surface area contributed by atoms with Crippen molar-refractivity contribution in [2.75, 3.05) is 4.90 Å². The van der Waals surface area contributed by atoms with Crippen LogP contribution in [-0.2, 0) is 0 Å². The second kappa shape index (κ2) is 5.33. The summed E-state index contributed by atoms with van der Waals surface area (Å²) in [5.74, 6) is 0.713. The second-order valence-corrected chi connectivity index (χ2v) is 6.63. The normalized spacial score (nSPS) is 21.1. The number of benzene rings is 1. The van der Waals surface area contributed by atoms with E-state index in [4.69, 9.17) is 11.5 Å². The van der Waals surface area contributed by atoms with Crippen LogP contribution in [0.25, 0.3) is 0 Å². The third-order valence-corrected chi connectivity index (χ3v) is 4.86. The van der Waals surface area contributed by atoms with Gasteiger partial charge in [0.15, 0.2) is 0 Å². The maximum absolute atomic E-state index is 6.22. The number of anilines is 1. The van der Waals surface area contributed by atoms with Gasteiger partial charge >= 0.3 is 0 Å². The molecule has 0 radical (unpaired) electrons. The van der Waals surface area contributed by atoms with Crippen molar-refractivity contribution >= 4 is 33.5 Å². The highest BCUT2D eigenvalue weighted by molar-refractivity contribution is 9.10. The van der Waals surface area contributed by atoms with Gasteiger partial charge in [0, 0.05) is 4.47 Å². The summed E-state index contributed by atoms with van der Waals surface area (Å²) in [6.45, 7) is 2.07. The first kappa shape index (κ1) is 14.4. The lowest BCUT2D eigenvalue weighted by molar-refractivity contribution is 0.305. The molecular weight excluding hydrogens is 330 g/mol. The van der Waals surface area contributed by atoms with Crippen molar-refractivity contribution in [3.05, 3.63) is 28.2 Å². The fourth-order valence-corrected chi connectivity index (χ4v) is 3.69. The Morgan fingerprint density at radius 1 is 1.19 bits per heavy atom. The highest BCUT2D eigenvalue weighted by atomic mass is 79.9. The molecule has 5 nitrogen and oxygen atoms in total. The minimum absolute atomic E-state index is 0.287. The van der Waals surface area contributed by atoms with Crippen molar-refractivity contribution in [1.82, 2.24) is 0 Å². The summed E-state index contributed by atoms with van der Waals surface area (Å²) >= 11 is 3.63. The fourth-order valence-electron chi connectivity index (χ4n) is 3.26. The van der Waals surface area contributed by atoms with Crippen molar-refractivity contribution in [3.8, 4) is 0 Å². The van der Waals surface area contributed by atoms with Crippen molar-refractivity contribution in [2.45, 2.75) is 44.7 Å². The summed E-state index contributed by atoms with van der Waals surface area (Å²) in [6.07, 6.45) is 5.39. The molecule has 112 valence electrons. The third-order valence-electron chi connectivity index (χ3n) is 4.19. The summed E-state index contributed by atoms with van der Waals surface area (Å²) in [5.41, 5.74) is 13.9. The molecule has 2 aliphatic rings. The Morgan fingerprint density at radius 2 is 1.90 bits per heavy atom. The summed E-state index contributed by atoms with van der Waals surface area (Å²) in [7, 11) is 0. The minimum atomic E-state index is -0.384. The largest absolute Gasteiger partial charge is 0.369 e. The fraction of sp³-hybridized carbons (Fsp3) is 0.467. The van der Waals surface area contributed by atoms with Gasteiger partial charge in [0.05, 0.1) is 5.69 Å². The molecule has 0 amide bonds. The van der Waals surface area contributed by atoms with Crippen molar-refractivity contribution < 1.29 is 0 Å². The number of hydrogen-bond acceptors (Lipinski definition) is 5. The predicted molar refractivity (Wildman–Crippen MR) is 90.4 cm³/mol. The van der Waals surface area contributed by atoms with Crippen LogP contribution >= 0.6 is 15.9 Å². The lowest BCUT2D eigenvalue weighted by Crippen LogP contribution is -2.58. The average Bonchev–Trinajstić information content (AvgIpc) is 2.42. The van der Waals surface area contributed by atoms with Gasteiger partial charge in [-0.1, -0.05) is 12.5 Å². The van der Waals surface area contributed by atoms with Crippen molar-refractivity contribution in [1.29, 1.82) is 0 Å². The SMILES string of the molecule is Cc1ccc(Br)c(N2C(N)=NC(N)=NC23CCCCC3)c1. The monoisotopic (exact) mass is 349 g/mol. The number of aliphatic imine (C=N–C) groups is 2. The molecule has 1 heterocycles. The van der Waals surface area contributed by atoms with Crippen LogP contribution < -0.4 is 16.4 Å². The lowest BCUT2D eigenvalue weighted by Gasteiger charge is -2.46. The first-order valence-corrected chi connectivity index (χ1v) is 8.07. The van der Waals surface area contributed by atoms with Gasteiger partial charge in [-0.2, -0.15) is 4.99 Å². The lowest BCUT2D eigenvalue weighted by atomic mass is 9.87. The van der Waals surface area contributed by atoms with Gasteiger partial charge in [-0.25, -0.2) is 4.99 Å². The molecule has 0 aromatic heterocycles. The smallest absolute Gasteiger partial charge is 0.220 e. The topological polar surface area (TPSA) is 80.0 Å². The summed E-state index contributed by atoms with van der Waals surface area (Å²) in [6, 6.07) is 6.21. The Labute approximate surface area is 133 Å². The molecule has 1 aliphatic carbocycles. The van der Waals surface area contributed by atoms with Gasteiger partial charge in [0.2, 0.25) is 11.9 Å². The van der Waals surface area contributed by atoms with Crippen LogP contribution in [0.5, 0.6) is 0 Å². The Hall–Kier alpha value is -1.56. The summed E-state index contributed by atoms with van der Waals surface area (Å²) < 4.78 is 0.992. The maximum Gasteiger partial charge on any atom is 0.220 e. The highest BCUT2D eigenvalue weighted by Crippen LogP contribution is 2.41. The van der Waals surface area contributed by atoms with Gasteiger partial charge in [-0.3, -0.25) is 4.90 Å². The van der Waals surface area contributed by atoms with Gasteiger partial charge in [-0.05, 0) is 66.2 Å². The number of nitrogens with zero attached hydrogens (tertiary/aromatic N) is 3. The van der Waals surface area contributed by atoms with Gasteiger partial charge in [0.25, 0.3) is 0 Å². The highest BCUT2D eigenvalue weighted by Gasteiger charge is 2.43. The van der Waals surface area contributed by atoms with Crippen LogP contribution in [-0.4, -0.2) is 17.6 Å². The molecule has 0 bridgehead atoms. The quantitative estimate of drug-likeness (QED) is 0.817. The predicted octanol–water partition coefficient (Wildman–Crippen LogP) is 2.87. The number of aryl methyl sites for hydroxylation is 1. The molecule has 1 saturated carbocycles. The number of rotatable bonds is 1. The number of nitrogens with two attached hydrogens (primary N) is 2. The van der Waals surface area contributed by atoms with E-state index in [-0.39, 0.29) is 11.6 Å². The molecule has 0 atom stereocenters. The molecule has 0 unspecified atom stereocenters. The van der Waals surface area contributed by atoms with Gasteiger partial charge in [0.1, 0.15) is 5.66 Å². The molecule has 1 aliphatic heterocycles. The van der Waals surface area contributed by atoms with Gasteiger partial charge < -0.3 is 11.5 Å². The van der Waals surface area contributed by atoms with E-state index >= 15 is 0 Å². The Balaban J connectivity index is 2.13. The average molecular weight is 350 g/mol. The summed E-state index contributed by atoms with van der Waals surface area (Å²) in [5, 5.41) is 0. The Morgan fingerprint density at radius 3 is 2.62 bits per heavy atom. The van der Waals surface area contributed by atoms with E-state index in [0.717, 1.165) is 35.8 Å². The maximum atomic E-state index is 6.22. The van der Waals surface area contributed by atoms with Crippen molar-refractivity contribution in [2.24, 2.45) is 21.5 Å². The molecule has 1 aromatic carbocycles. The molecule has 4 N–H and O–H groups in total. The van der Waals surface area contributed by atoms with Crippen LogP contribution in [0.3, 0.4) is 0 Å². The van der Waals surface area contributed by atoms with Crippen LogP contribution in [0.15, 0.2) is 32.7 Å². The van der Waals surface area contributed by atoms with E-state index in [2.05, 4.69) is 49.9 Å². The molecule has 0 saturated heterocycles. The number of hydrogen-bond donors (Lipinski definition) is 2. The van der Waals surface area contributed by atoms with E-state index in [1.807, 2.05) is 6.07 Å². The standard InChI is InChI=1S/C15H20BrN5/c1-10-5-6-11(16)12(9-10)21-14(18)19-13(17)20-15(21)7-3-2-4-8-15/h5-6,9H,2-4,7-8H2,1H3,(H4,17,18,19,20). The zero-order chi connectivity index (χ0) is 15.0. The molecule has 1 fully saturated rings. The van der Waals surface area contributed by atoms with Crippen LogP contribution in [0.4, 0.5) is 5.69 Å². The first-order valence-electron chi connectivity index (χ1n) is 7.28. The van der Waals surface area contributed by atoms with E-state index in [1.165, 1.54) is 12.0 Å². The molecule has 1 spiro atoms. The second-order valence-electron chi connectivity index (χ2n) is 5.77. The van der Waals surface area contributed by atoms with E-state index < -0.39 is 0 Å². The van der Waals surface area contributed by atoms with E-state index in [9.17, 15) is 0 Å².